The van der Waals surface area contributed by atoms with Crippen LogP contribution in [0.15, 0.2) is 46.2 Å². The zero-order valence-electron chi connectivity index (χ0n) is 16.1. The van der Waals surface area contributed by atoms with E-state index >= 15 is 0 Å². The highest BCUT2D eigenvalue weighted by Crippen LogP contribution is 2.39. The molecular formula is C22H24FNO3S. The van der Waals surface area contributed by atoms with Crippen molar-refractivity contribution in [3.63, 3.8) is 0 Å². The van der Waals surface area contributed by atoms with Crippen LogP contribution < -0.4 is 4.90 Å². The minimum atomic E-state index is -0.911. The largest absolute Gasteiger partial charge is 0.385 e. The summed E-state index contributed by atoms with van der Waals surface area (Å²) in [4.78, 5) is 14.8. The molecule has 4 nitrogen and oxygen atoms in total. The molecule has 28 heavy (non-hydrogen) atoms. The molecule has 0 bridgehead atoms. The highest BCUT2D eigenvalue weighted by Gasteiger charge is 2.35. The van der Waals surface area contributed by atoms with Crippen LogP contribution in [0.3, 0.4) is 0 Å². The fraction of sp³-hybridized carbons (Fsp3) is 0.409. The minimum Gasteiger partial charge on any atom is -0.385 e. The van der Waals surface area contributed by atoms with Crippen LogP contribution in [0.5, 0.6) is 0 Å². The quantitative estimate of drug-likeness (QED) is 0.834. The van der Waals surface area contributed by atoms with Crippen LogP contribution in [0.2, 0.25) is 0 Å². The van der Waals surface area contributed by atoms with Gasteiger partial charge in [0.25, 0.3) is 0 Å². The first-order valence-corrected chi connectivity index (χ1v) is 10.4. The fourth-order valence-corrected chi connectivity index (χ4v) is 4.97. The monoisotopic (exact) mass is 401 g/mol. The molecule has 0 spiro atoms. The predicted octanol–water partition coefficient (Wildman–Crippen LogP) is 4.27. The van der Waals surface area contributed by atoms with E-state index in [4.69, 9.17) is 4.74 Å². The zero-order chi connectivity index (χ0) is 19.9. The van der Waals surface area contributed by atoms with Gasteiger partial charge in [-0.2, -0.15) is 0 Å². The summed E-state index contributed by atoms with van der Waals surface area (Å²) in [5.41, 5.74) is 1.57. The third-order valence-corrected chi connectivity index (χ3v) is 6.64. The first-order chi connectivity index (χ1) is 13.4. The number of benzene rings is 2. The van der Waals surface area contributed by atoms with Gasteiger partial charge in [-0.1, -0.05) is 23.9 Å². The molecule has 1 saturated heterocycles. The van der Waals surface area contributed by atoms with Gasteiger partial charge in [-0.15, -0.1) is 0 Å². The van der Waals surface area contributed by atoms with E-state index in [1.807, 2.05) is 37.3 Å². The normalized spacial score (nSPS) is 24.9. The summed E-state index contributed by atoms with van der Waals surface area (Å²) in [6, 6.07) is 11.0. The molecule has 148 valence electrons. The van der Waals surface area contributed by atoms with Gasteiger partial charge in [0.15, 0.2) is 0 Å². The number of carbonyl (C=O) groups is 1. The maximum absolute atomic E-state index is 14.7. The number of fused-ring (bicyclic) bond motifs is 1. The number of aryl methyl sites for hydroxylation is 1. The van der Waals surface area contributed by atoms with E-state index in [1.165, 1.54) is 22.7 Å². The third-order valence-electron chi connectivity index (χ3n) is 5.62. The summed E-state index contributed by atoms with van der Waals surface area (Å²) in [6.45, 7) is 2.49. The topological polar surface area (TPSA) is 49.8 Å². The van der Waals surface area contributed by atoms with Gasteiger partial charge >= 0.3 is 0 Å². The van der Waals surface area contributed by atoms with Gasteiger partial charge in [-0.25, -0.2) is 4.39 Å². The number of aliphatic hydroxyl groups is 1. The van der Waals surface area contributed by atoms with Crippen molar-refractivity contribution in [2.75, 3.05) is 18.6 Å². The maximum Gasteiger partial charge on any atom is 0.227 e. The molecule has 0 radical (unpaired) electrons. The molecule has 2 aliphatic heterocycles. The van der Waals surface area contributed by atoms with Gasteiger partial charge in [0.2, 0.25) is 5.91 Å². The molecule has 2 unspecified atom stereocenters. The molecule has 0 saturated carbocycles. The minimum absolute atomic E-state index is 0.00727. The summed E-state index contributed by atoms with van der Waals surface area (Å²) in [7, 11) is 1.69. The SMILES string of the molecule is CC1CC(O)(c2cccc(Sc3cc4c(cc3F)N(C)C(=O)CC4)c2)CCO1. The van der Waals surface area contributed by atoms with Crippen molar-refractivity contribution in [2.24, 2.45) is 0 Å². The van der Waals surface area contributed by atoms with E-state index in [2.05, 4.69) is 0 Å². The van der Waals surface area contributed by atoms with E-state index in [9.17, 15) is 14.3 Å². The lowest BCUT2D eigenvalue weighted by molar-refractivity contribution is -0.118. The second-order valence-electron chi connectivity index (χ2n) is 7.66. The number of hydrogen-bond acceptors (Lipinski definition) is 4. The molecule has 6 heteroatoms. The van der Waals surface area contributed by atoms with E-state index < -0.39 is 5.60 Å². The second-order valence-corrected chi connectivity index (χ2v) is 8.78. The van der Waals surface area contributed by atoms with Gasteiger partial charge in [-0.3, -0.25) is 4.79 Å². The Morgan fingerprint density at radius 1 is 1.29 bits per heavy atom. The highest BCUT2D eigenvalue weighted by atomic mass is 32.2. The molecule has 4 rings (SSSR count). The zero-order valence-corrected chi connectivity index (χ0v) is 16.9. The van der Waals surface area contributed by atoms with Crippen LogP contribution >= 0.6 is 11.8 Å². The van der Waals surface area contributed by atoms with E-state index in [-0.39, 0.29) is 17.8 Å². The van der Waals surface area contributed by atoms with Crippen molar-refractivity contribution in [3.05, 3.63) is 53.3 Å². The van der Waals surface area contributed by atoms with Crippen molar-refractivity contribution >= 4 is 23.4 Å². The number of rotatable bonds is 3. The number of ether oxygens (including phenoxy) is 1. The first kappa shape index (κ1) is 19.4. The van der Waals surface area contributed by atoms with Crippen molar-refractivity contribution in [3.8, 4) is 0 Å². The Balaban J connectivity index is 1.61. The molecule has 2 aromatic carbocycles. The maximum atomic E-state index is 14.7. The van der Waals surface area contributed by atoms with E-state index in [0.29, 0.717) is 42.9 Å². The molecule has 1 amide bonds. The summed E-state index contributed by atoms with van der Waals surface area (Å²) in [5, 5.41) is 11.1. The van der Waals surface area contributed by atoms with Gasteiger partial charge in [0.1, 0.15) is 5.82 Å². The van der Waals surface area contributed by atoms with Crippen molar-refractivity contribution in [1.82, 2.24) is 0 Å². The molecule has 2 aliphatic rings. The molecule has 2 heterocycles. The third kappa shape index (κ3) is 3.69. The molecular weight excluding hydrogens is 377 g/mol. The van der Waals surface area contributed by atoms with Crippen molar-refractivity contribution in [2.45, 2.75) is 54.1 Å². The van der Waals surface area contributed by atoms with E-state index in [1.54, 1.807) is 7.05 Å². The van der Waals surface area contributed by atoms with Crippen LogP contribution in [0.1, 0.15) is 37.3 Å². The number of anilines is 1. The smallest absolute Gasteiger partial charge is 0.227 e. The lowest BCUT2D eigenvalue weighted by Crippen LogP contribution is -2.37. The number of nitrogens with zero attached hydrogens (tertiary/aromatic N) is 1. The Labute approximate surface area is 168 Å². The average molecular weight is 402 g/mol. The fourth-order valence-electron chi connectivity index (χ4n) is 4.02. The summed E-state index contributed by atoms with van der Waals surface area (Å²) in [5.74, 6) is -0.326. The van der Waals surface area contributed by atoms with Crippen LogP contribution in [-0.2, 0) is 21.6 Å². The summed E-state index contributed by atoms with van der Waals surface area (Å²) >= 11 is 1.35. The Kier molecular flexibility index (Phi) is 5.21. The Bertz CT molecular complexity index is 919. The standard InChI is InChI=1S/C22H24FNO3S/c1-14-13-22(26,8-9-27-14)16-4-3-5-17(11-16)28-20-10-15-6-7-21(25)24(2)19(15)12-18(20)23/h3-5,10-12,14,26H,6-9,13H2,1-2H3. The van der Waals surface area contributed by atoms with Gasteiger partial charge < -0.3 is 14.7 Å². The van der Waals surface area contributed by atoms with Crippen molar-refractivity contribution in [1.29, 1.82) is 0 Å². The molecule has 0 aromatic heterocycles. The van der Waals surface area contributed by atoms with Crippen LogP contribution in [-0.4, -0.2) is 30.8 Å². The number of halogens is 1. The Morgan fingerprint density at radius 2 is 2.11 bits per heavy atom. The molecule has 2 aromatic rings. The Hall–Kier alpha value is -1.89. The lowest BCUT2D eigenvalue weighted by atomic mass is 9.84. The number of carbonyl (C=O) groups excluding carboxylic acids is 1. The molecule has 1 fully saturated rings. The Morgan fingerprint density at radius 3 is 2.89 bits per heavy atom. The number of hydrogen-bond donors (Lipinski definition) is 1. The summed E-state index contributed by atoms with van der Waals surface area (Å²) in [6.07, 6.45) is 2.19. The van der Waals surface area contributed by atoms with Crippen LogP contribution in [0.25, 0.3) is 0 Å². The van der Waals surface area contributed by atoms with E-state index in [0.717, 1.165) is 16.0 Å². The predicted molar refractivity (Wildman–Crippen MR) is 107 cm³/mol. The van der Waals surface area contributed by atoms with Gasteiger partial charge in [0.05, 0.1) is 18.3 Å². The van der Waals surface area contributed by atoms with Crippen LogP contribution in [0, 0.1) is 5.82 Å². The first-order valence-electron chi connectivity index (χ1n) is 9.57. The van der Waals surface area contributed by atoms with Crippen LogP contribution in [0.4, 0.5) is 10.1 Å². The molecule has 2 atom stereocenters. The second kappa shape index (κ2) is 7.50. The van der Waals surface area contributed by atoms with Crippen molar-refractivity contribution < 1.29 is 19.0 Å². The molecule has 1 N–H and O–H groups in total. The number of amides is 1. The highest BCUT2D eigenvalue weighted by molar-refractivity contribution is 7.99. The lowest BCUT2D eigenvalue weighted by Gasteiger charge is -2.36. The average Bonchev–Trinajstić information content (AvgIpc) is 2.66. The van der Waals surface area contributed by atoms with Gasteiger partial charge in [0, 0.05) is 41.8 Å². The molecule has 0 aliphatic carbocycles. The summed E-state index contributed by atoms with van der Waals surface area (Å²) < 4.78 is 20.3. The van der Waals surface area contributed by atoms with Gasteiger partial charge in [-0.05, 0) is 48.7 Å².